The van der Waals surface area contributed by atoms with Crippen molar-refractivity contribution in [1.29, 1.82) is 0 Å². The Hall–Kier alpha value is -0.600. The predicted molar refractivity (Wildman–Crippen MR) is 61.3 cm³/mol. The van der Waals surface area contributed by atoms with Gasteiger partial charge in [0.1, 0.15) is 0 Å². The van der Waals surface area contributed by atoms with Crippen molar-refractivity contribution in [2.24, 2.45) is 0 Å². The van der Waals surface area contributed by atoms with Crippen LogP contribution < -0.4 is 0 Å². The Morgan fingerprint density at radius 3 is 2.38 bits per heavy atom. The molecule has 66 valence electrons. The second-order valence-corrected chi connectivity index (χ2v) is 4.63. The number of thiophene rings is 1. The van der Waals surface area contributed by atoms with Gasteiger partial charge in [0, 0.05) is 4.47 Å². The second-order valence-electron chi connectivity index (χ2n) is 2.93. The third-order valence-corrected chi connectivity index (χ3v) is 3.16. The van der Waals surface area contributed by atoms with Crippen LogP contribution in [0, 0.1) is 0 Å². The molecule has 0 aliphatic carbocycles. The summed E-state index contributed by atoms with van der Waals surface area (Å²) in [6.45, 7) is 0. The molecule has 1 aromatic carbocycles. The minimum absolute atomic E-state index is 1.04. The van der Waals surface area contributed by atoms with E-state index in [1.807, 2.05) is 0 Å². The average Bonchev–Trinajstić information content (AvgIpc) is 2.62. The van der Waals surface area contributed by atoms with E-state index in [2.05, 4.69) is 57.0 Å². The number of hydrogen-bond donors (Lipinski definition) is 0. The summed E-state index contributed by atoms with van der Waals surface area (Å²) < 4.78 is 1.14. The SMILES string of the molecule is Brc1ccc(Cc2ccsc2)cc1. The molecule has 0 aliphatic rings. The van der Waals surface area contributed by atoms with Gasteiger partial charge in [-0.05, 0) is 46.5 Å². The molecule has 2 aromatic rings. The van der Waals surface area contributed by atoms with Crippen molar-refractivity contribution >= 4 is 27.3 Å². The first-order chi connectivity index (χ1) is 6.34. The van der Waals surface area contributed by atoms with Crippen LogP contribution in [0.3, 0.4) is 0 Å². The molecule has 0 N–H and O–H groups in total. The smallest absolute Gasteiger partial charge is 0.0175 e. The molecule has 0 saturated carbocycles. The Balaban J connectivity index is 2.15. The van der Waals surface area contributed by atoms with Crippen molar-refractivity contribution < 1.29 is 0 Å². The highest BCUT2D eigenvalue weighted by Gasteiger charge is 1.95. The minimum Gasteiger partial charge on any atom is -0.152 e. The van der Waals surface area contributed by atoms with Crippen LogP contribution in [-0.4, -0.2) is 0 Å². The minimum atomic E-state index is 1.04. The highest BCUT2D eigenvalue weighted by atomic mass is 79.9. The summed E-state index contributed by atoms with van der Waals surface area (Å²) in [5, 5.41) is 4.32. The van der Waals surface area contributed by atoms with Crippen LogP contribution in [0.5, 0.6) is 0 Å². The molecule has 0 spiro atoms. The van der Waals surface area contributed by atoms with Gasteiger partial charge in [0.15, 0.2) is 0 Å². The average molecular weight is 253 g/mol. The van der Waals surface area contributed by atoms with Crippen molar-refractivity contribution in [3.8, 4) is 0 Å². The lowest BCUT2D eigenvalue weighted by atomic mass is 10.1. The van der Waals surface area contributed by atoms with Gasteiger partial charge < -0.3 is 0 Å². The monoisotopic (exact) mass is 252 g/mol. The predicted octanol–water partition coefficient (Wildman–Crippen LogP) is 4.10. The van der Waals surface area contributed by atoms with E-state index in [9.17, 15) is 0 Å². The van der Waals surface area contributed by atoms with Gasteiger partial charge in [-0.3, -0.25) is 0 Å². The first kappa shape index (κ1) is 8.97. The molecule has 0 atom stereocenters. The fourth-order valence-electron chi connectivity index (χ4n) is 1.23. The summed E-state index contributed by atoms with van der Waals surface area (Å²) in [5.74, 6) is 0. The van der Waals surface area contributed by atoms with Gasteiger partial charge in [-0.2, -0.15) is 11.3 Å². The van der Waals surface area contributed by atoms with Crippen LogP contribution >= 0.6 is 27.3 Å². The van der Waals surface area contributed by atoms with Gasteiger partial charge in [0.2, 0.25) is 0 Å². The number of halogens is 1. The third-order valence-electron chi connectivity index (χ3n) is 1.90. The molecule has 0 radical (unpaired) electrons. The lowest BCUT2D eigenvalue weighted by Gasteiger charge is -1.98. The number of benzene rings is 1. The maximum Gasteiger partial charge on any atom is 0.0175 e. The normalized spacial score (nSPS) is 10.2. The molecule has 2 rings (SSSR count). The Morgan fingerprint density at radius 2 is 1.77 bits per heavy atom. The molecular formula is C11H9BrS. The van der Waals surface area contributed by atoms with Crippen molar-refractivity contribution in [2.75, 3.05) is 0 Å². The van der Waals surface area contributed by atoms with E-state index >= 15 is 0 Å². The molecule has 0 nitrogen and oxygen atoms in total. The van der Waals surface area contributed by atoms with E-state index in [4.69, 9.17) is 0 Å². The largest absolute Gasteiger partial charge is 0.152 e. The van der Waals surface area contributed by atoms with Gasteiger partial charge in [-0.25, -0.2) is 0 Å². The number of hydrogen-bond acceptors (Lipinski definition) is 1. The highest BCUT2D eigenvalue weighted by molar-refractivity contribution is 9.10. The van der Waals surface area contributed by atoms with Gasteiger partial charge in [0.05, 0.1) is 0 Å². The molecule has 1 heterocycles. The second kappa shape index (κ2) is 4.07. The lowest BCUT2D eigenvalue weighted by Crippen LogP contribution is -1.83. The number of rotatable bonds is 2. The Morgan fingerprint density at radius 1 is 1.00 bits per heavy atom. The zero-order valence-corrected chi connectivity index (χ0v) is 9.44. The van der Waals surface area contributed by atoms with Crippen LogP contribution in [0.2, 0.25) is 0 Å². The molecule has 2 heteroatoms. The van der Waals surface area contributed by atoms with Crippen molar-refractivity contribution in [3.05, 3.63) is 56.7 Å². The van der Waals surface area contributed by atoms with Crippen molar-refractivity contribution in [3.63, 3.8) is 0 Å². The van der Waals surface area contributed by atoms with Gasteiger partial charge in [-0.15, -0.1) is 0 Å². The molecular weight excluding hydrogens is 244 g/mol. The van der Waals surface area contributed by atoms with Gasteiger partial charge >= 0.3 is 0 Å². The van der Waals surface area contributed by atoms with Crippen LogP contribution in [0.1, 0.15) is 11.1 Å². The molecule has 13 heavy (non-hydrogen) atoms. The zero-order valence-electron chi connectivity index (χ0n) is 7.03. The maximum atomic E-state index is 3.43. The standard InChI is InChI=1S/C11H9BrS/c12-11-3-1-9(2-4-11)7-10-5-6-13-8-10/h1-6,8H,7H2. The van der Waals surface area contributed by atoms with Crippen LogP contribution in [-0.2, 0) is 6.42 Å². The quantitative estimate of drug-likeness (QED) is 0.755. The molecule has 0 unspecified atom stereocenters. The Kier molecular flexibility index (Phi) is 2.81. The van der Waals surface area contributed by atoms with Crippen LogP contribution in [0.4, 0.5) is 0 Å². The molecule has 0 aliphatic heterocycles. The Labute approximate surface area is 90.4 Å². The lowest BCUT2D eigenvalue weighted by molar-refractivity contribution is 1.21. The summed E-state index contributed by atoms with van der Waals surface area (Å²) in [6.07, 6.45) is 1.04. The van der Waals surface area contributed by atoms with E-state index in [0.29, 0.717) is 0 Å². The fraction of sp³-hybridized carbons (Fsp3) is 0.0909. The van der Waals surface area contributed by atoms with E-state index in [1.54, 1.807) is 11.3 Å². The molecule has 0 saturated heterocycles. The summed E-state index contributed by atoms with van der Waals surface area (Å²) in [4.78, 5) is 0. The summed E-state index contributed by atoms with van der Waals surface area (Å²) in [5.41, 5.74) is 2.76. The third kappa shape index (κ3) is 2.42. The highest BCUT2D eigenvalue weighted by Crippen LogP contribution is 2.15. The molecule has 1 aromatic heterocycles. The summed E-state index contributed by atoms with van der Waals surface area (Å²) in [6, 6.07) is 10.7. The molecule has 0 bridgehead atoms. The van der Waals surface area contributed by atoms with Gasteiger partial charge in [0.25, 0.3) is 0 Å². The van der Waals surface area contributed by atoms with Crippen molar-refractivity contribution in [1.82, 2.24) is 0 Å². The van der Waals surface area contributed by atoms with E-state index in [1.165, 1.54) is 11.1 Å². The van der Waals surface area contributed by atoms with Crippen LogP contribution in [0.25, 0.3) is 0 Å². The van der Waals surface area contributed by atoms with E-state index < -0.39 is 0 Å². The van der Waals surface area contributed by atoms with Crippen LogP contribution in [0.15, 0.2) is 45.6 Å². The topological polar surface area (TPSA) is 0 Å². The first-order valence-corrected chi connectivity index (χ1v) is 5.84. The summed E-state index contributed by atoms with van der Waals surface area (Å²) >= 11 is 5.18. The summed E-state index contributed by atoms with van der Waals surface area (Å²) in [7, 11) is 0. The Bertz CT molecular complexity index is 361. The van der Waals surface area contributed by atoms with E-state index in [0.717, 1.165) is 10.9 Å². The first-order valence-electron chi connectivity index (χ1n) is 4.10. The zero-order chi connectivity index (χ0) is 9.10. The van der Waals surface area contributed by atoms with Crippen molar-refractivity contribution in [2.45, 2.75) is 6.42 Å². The fourth-order valence-corrected chi connectivity index (χ4v) is 2.16. The molecule has 0 amide bonds. The molecule has 0 fully saturated rings. The van der Waals surface area contributed by atoms with E-state index in [-0.39, 0.29) is 0 Å². The van der Waals surface area contributed by atoms with Gasteiger partial charge in [-0.1, -0.05) is 28.1 Å². The maximum absolute atomic E-state index is 3.43.